The molecule has 0 aliphatic rings. The van der Waals surface area contributed by atoms with Gasteiger partial charge in [0.25, 0.3) is 0 Å². The number of nitrogens with zero attached hydrogens (tertiary/aromatic N) is 1. The van der Waals surface area contributed by atoms with Crippen molar-refractivity contribution in [1.82, 2.24) is 4.40 Å². The van der Waals surface area contributed by atoms with Crippen molar-refractivity contribution in [2.75, 3.05) is 5.33 Å². The number of aromatic nitrogens is 1. The molecule has 2 aromatic rings. The van der Waals surface area contributed by atoms with E-state index >= 15 is 0 Å². The zero-order valence-electron chi connectivity index (χ0n) is 9.56. The fourth-order valence-corrected chi connectivity index (χ4v) is 2.42. The van der Waals surface area contributed by atoms with Crippen molar-refractivity contribution < 1.29 is 13.2 Å². The molecule has 0 fully saturated rings. The van der Waals surface area contributed by atoms with Crippen molar-refractivity contribution in [3.8, 4) is 11.8 Å². The molecular formula is C13H8Br2F3N. The quantitative estimate of drug-likeness (QED) is 0.493. The lowest BCUT2D eigenvalue weighted by Gasteiger charge is -2.08. The van der Waals surface area contributed by atoms with E-state index in [0.29, 0.717) is 16.4 Å². The van der Waals surface area contributed by atoms with Crippen molar-refractivity contribution in [3.63, 3.8) is 0 Å². The molecule has 0 amide bonds. The highest BCUT2D eigenvalue weighted by Gasteiger charge is 2.30. The van der Waals surface area contributed by atoms with Gasteiger partial charge < -0.3 is 4.40 Å². The van der Waals surface area contributed by atoms with Crippen LogP contribution in [0.2, 0.25) is 0 Å². The monoisotopic (exact) mass is 393 g/mol. The fraction of sp³-hybridized carbons (Fsp3) is 0.231. The van der Waals surface area contributed by atoms with Gasteiger partial charge in [-0.3, -0.25) is 0 Å². The van der Waals surface area contributed by atoms with Crippen molar-refractivity contribution in [2.45, 2.75) is 12.6 Å². The maximum atomic E-state index is 12.7. The molecule has 0 unspecified atom stereocenters. The van der Waals surface area contributed by atoms with Crippen LogP contribution >= 0.6 is 31.9 Å². The molecule has 19 heavy (non-hydrogen) atoms. The minimum absolute atomic E-state index is 0.164. The van der Waals surface area contributed by atoms with E-state index in [-0.39, 0.29) is 5.69 Å². The van der Waals surface area contributed by atoms with Gasteiger partial charge in [-0.05, 0) is 34.1 Å². The number of alkyl halides is 4. The molecule has 1 nitrogen and oxygen atoms in total. The molecule has 0 spiro atoms. The van der Waals surface area contributed by atoms with Crippen molar-refractivity contribution >= 4 is 37.4 Å². The summed E-state index contributed by atoms with van der Waals surface area (Å²) in [7, 11) is 0. The molecule has 0 aliphatic carbocycles. The molecule has 0 radical (unpaired) electrons. The van der Waals surface area contributed by atoms with Crippen molar-refractivity contribution in [2.24, 2.45) is 0 Å². The summed E-state index contributed by atoms with van der Waals surface area (Å²) in [5.41, 5.74) is 1.25. The van der Waals surface area contributed by atoms with Crippen LogP contribution in [0, 0.1) is 11.8 Å². The van der Waals surface area contributed by atoms with E-state index in [0.717, 1.165) is 4.47 Å². The number of hydrogen-bond acceptors (Lipinski definition) is 0. The lowest BCUT2D eigenvalue weighted by Crippen LogP contribution is -2.14. The second kappa shape index (κ2) is 5.59. The van der Waals surface area contributed by atoms with E-state index in [4.69, 9.17) is 0 Å². The first-order valence-electron chi connectivity index (χ1n) is 5.32. The minimum Gasteiger partial charge on any atom is -0.318 e. The number of pyridine rings is 1. The first-order valence-corrected chi connectivity index (χ1v) is 7.24. The van der Waals surface area contributed by atoms with E-state index in [1.807, 2.05) is 0 Å². The Bertz CT molecular complexity index is 662. The minimum atomic E-state index is -4.26. The van der Waals surface area contributed by atoms with Gasteiger partial charge in [0.1, 0.15) is 0 Å². The summed E-state index contributed by atoms with van der Waals surface area (Å²) in [4.78, 5) is 0. The van der Waals surface area contributed by atoms with Gasteiger partial charge in [-0.15, -0.1) is 0 Å². The zero-order valence-corrected chi connectivity index (χ0v) is 12.7. The van der Waals surface area contributed by atoms with Gasteiger partial charge in [0.05, 0.1) is 17.3 Å². The molecule has 6 heteroatoms. The Morgan fingerprint density at radius 1 is 1.32 bits per heavy atom. The zero-order chi connectivity index (χ0) is 14.0. The fourth-order valence-electron chi connectivity index (χ4n) is 1.83. The third-order valence-electron chi connectivity index (χ3n) is 2.52. The Morgan fingerprint density at radius 2 is 2.05 bits per heavy atom. The van der Waals surface area contributed by atoms with Crippen LogP contribution in [0.15, 0.2) is 28.9 Å². The van der Waals surface area contributed by atoms with Crippen LogP contribution in [0.25, 0.3) is 5.52 Å². The molecule has 0 aliphatic heterocycles. The molecule has 0 saturated carbocycles. The molecule has 0 atom stereocenters. The first kappa shape index (κ1) is 14.5. The van der Waals surface area contributed by atoms with Crippen LogP contribution in [0.3, 0.4) is 0 Å². The van der Waals surface area contributed by atoms with Crippen LogP contribution in [0.5, 0.6) is 0 Å². The molecule has 0 saturated heterocycles. The smallest absolute Gasteiger partial charge is 0.318 e. The van der Waals surface area contributed by atoms with Crippen LogP contribution in [-0.2, 0) is 6.42 Å². The van der Waals surface area contributed by atoms with Gasteiger partial charge in [0, 0.05) is 21.9 Å². The average Bonchev–Trinajstić information content (AvgIpc) is 2.65. The van der Waals surface area contributed by atoms with Gasteiger partial charge in [-0.25, -0.2) is 0 Å². The number of hydrogen-bond donors (Lipinski definition) is 0. The SMILES string of the molecule is FC(F)(F)Cc1c(C#CCBr)cc2c(Br)cccn12. The number of fused-ring (bicyclic) bond motifs is 1. The molecule has 2 heterocycles. The van der Waals surface area contributed by atoms with Gasteiger partial charge in [-0.1, -0.05) is 27.8 Å². The Morgan fingerprint density at radius 3 is 2.68 bits per heavy atom. The first-order chi connectivity index (χ1) is 8.92. The highest BCUT2D eigenvalue weighted by atomic mass is 79.9. The lowest BCUT2D eigenvalue weighted by molar-refractivity contribution is -0.128. The molecule has 0 N–H and O–H groups in total. The molecule has 2 aromatic heterocycles. The molecule has 0 aromatic carbocycles. The van der Waals surface area contributed by atoms with Crippen LogP contribution < -0.4 is 0 Å². The Balaban J connectivity index is 2.65. The molecule has 2 rings (SSSR count). The summed E-state index contributed by atoms with van der Waals surface area (Å²) in [6.45, 7) is 0. The Kier molecular flexibility index (Phi) is 4.26. The number of halogens is 5. The molecular weight excluding hydrogens is 387 g/mol. The van der Waals surface area contributed by atoms with Crippen LogP contribution in [-0.4, -0.2) is 15.9 Å². The summed E-state index contributed by atoms with van der Waals surface area (Å²) in [6, 6.07) is 5.15. The van der Waals surface area contributed by atoms with E-state index in [9.17, 15) is 13.2 Å². The van der Waals surface area contributed by atoms with Crippen molar-refractivity contribution in [1.29, 1.82) is 0 Å². The van der Waals surface area contributed by atoms with Crippen LogP contribution in [0.1, 0.15) is 11.3 Å². The summed E-state index contributed by atoms with van der Waals surface area (Å²) >= 11 is 6.47. The largest absolute Gasteiger partial charge is 0.394 e. The maximum absolute atomic E-state index is 12.7. The predicted molar refractivity (Wildman–Crippen MR) is 75.5 cm³/mol. The highest BCUT2D eigenvalue weighted by molar-refractivity contribution is 9.10. The second-order valence-electron chi connectivity index (χ2n) is 3.84. The summed E-state index contributed by atoms with van der Waals surface area (Å²) in [5, 5.41) is 0.422. The molecule has 0 bridgehead atoms. The summed E-state index contributed by atoms with van der Waals surface area (Å²) in [5.74, 6) is 5.51. The predicted octanol–water partition coefficient (Wildman–Crippen LogP) is 4.55. The Labute approximate surface area is 125 Å². The third-order valence-corrected chi connectivity index (χ3v) is 3.47. The van der Waals surface area contributed by atoms with Gasteiger partial charge in [0.2, 0.25) is 0 Å². The van der Waals surface area contributed by atoms with Gasteiger partial charge in [-0.2, -0.15) is 13.2 Å². The lowest BCUT2D eigenvalue weighted by atomic mass is 10.2. The summed E-state index contributed by atoms with van der Waals surface area (Å²) < 4.78 is 40.3. The van der Waals surface area contributed by atoms with E-state index < -0.39 is 12.6 Å². The third kappa shape index (κ3) is 3.34. The highest BCUT2D eigenvalue weighted by Crippen LogP contribution is 2.28. The van der Waals surface area contributed by atoms with Gasteiger partial charge >= 0.3 is 6.18 Å². The normalized spacial score (nSPS) is 11.4. The topological polar surface area (TPSA) is 4.41 Å². The van der Waals surface area contributed by atoms with Crippen LogP contribution in [0.4, 0.5) is 13.2 Å². The number of rotatable bonds is 1. The maximum Gasteiger partial charge on any atom is 0.394 e. The summed E-state index contributed by atoms with van der Waals surface area (Å²) in [6.07, 6.45) is -3.65. The Hall–Kier alpha value is -0.930. The molecule has 100 valence electrons. The second-order valence-corrected chi connectivity index (χ2v) is 5.26. The van der Waals surface area contributed by atoms with E-state index in [1.54, 1.807) is 24.4 Å². The average molecular weight is 395 g/mol. The standard InChI is InChI=1S/C13H8Br2F3N/c14-5-1-3-9-7-11-10(15)4-2-6-19(11)12(9)8-13(16,17)18/h2,4,6-7H,5,8H2. The van der Waals surface area contributed by atoms with Gasteiger partial charge in [0.15, 0.2) is 0 Å². The van der Waals surface area contributed by atoms with E-state index in [1.165, 1.54) is 4.40 Å². The van der Waals surface area contributed by atoms with Crippen molar-refractivity contribution in [3.05, 3.63) is 40.1 Å². The van der Waals surface area contributed by atoms with E-state index in [2.05, 4.69) is 43.7 Å².